The van der Waals surface area contributed by atoms with Gasteiger partial charge in [-0.2, -0.15) is 0 Å². The summed E-state index contributed by atoms with van der Waals surface area (Å²) < 4.78 is 7.45. The van der Waals surface area contributed by atoms with Crippen LogP contribution >= 0.6 is 0 Å². The van der Waals surface area contributed by atoms with Crippen LogP contribution in [0.25, 0.3) is 22.4 Å². The van der Waals surface area contributed by atoms with E-state index in [2.05, 4.69) is 27.4 Å². The lowest BCUT2D eigenvalue weighted by Crippen LogP contribution is -2.58. The Balaban J connectivity index is 1.16. The molecule has 0 radical (unpaired) electrons. The Bertz CT molecular complexity index is 1450. The summed E-state index contributed by atoms with van der Waals surface area (Å²) in [5.41, 5.74) is 2.79. The Morgan fingerprint density at radius 3 is 2.36 bits per heavy atom. The van der Waals surface area contributed by atoms with Gasteiger partial charge in [-0.25, -0.2) is 9.97 Å². The highest BCUT2D eigenvalue weighted by Crippen LogP contribution is 2.62. The van der Waals surface area contributed by atoms with E-state index in [1.54, 1.807) is 7.11 Å². The van der Waals surface area contributed by atoms with Gasteiger partial charge in [0, 0.05) is 30.2 Å². The van der Waals surface area contributed by atoms with Gasteiger partial charge in [-0.15, -0.1) is 0 Å². The number of benzene rings is 1. The maximum absolute atomic E-state index is 14.2. The first-order chi connectivity index (χ1) is 19.1. The fourth-order valence-electron chi connectivity index (χ4n) is 10.1. The first kappa shape index (κ1) is 24.1. The first-order valence-corrected chi connectivity index (χ1v) is 15.4. The lowest BCUT2D eigenvalue weighted by molar-refractivity contribution is -0.0441. The van der Waals surface area contributed by atoms with Crippen molar-refractivity contribution in [2.24, 2.45) is 29.6 Å². The quantitative estimate of drug-likeness (QED) is 0.413. The molecule has 3 aliphatic carbocycles. The topological polar surface area (TPSA) is 60.2 Å². The fourth-order valence-corrected chi connectivity index (χ4v) is 10.1. The molecular weight excluding hydrogens is 484 g/mol. The van der Waals surface area contributed by atoms with Crippen LogP contribution in [-0.4, -0.2) is 44.7 Å². The number of nitrogens with zero attached hydrogens (tertiary/aromatic N) is 4. The second-order valence-corrected chi connectivity index (χ2v) is 13.3. The third-order valence-electron chi connectivity index (χ3n) is 11.6. The normalized spacial score (nSPS) is 37.3. The molecule has 3 saturated carbocycles. The Morgan fingerprint density at radius 1 is 0.795 bits per heavy atom. The van der Waals surface area contributed by atoms with Crippen LogP contribution in [0.2, 0.25) is 0 Å². The second-order valence-electron chi connectivity index (χ2n) is 13.3. The van der Waals surface area contributed by atoms with Crippen molar-refractivity contribution in [3.05, 3.63) is 52.8 Å². The van der Waals surface area contributed by atoms with Crippen LogP contribution in [0.15, 0.2) is 47.3 Å². The molecule has 2 unspecified atom stereocenters. The maximum atomic E-state index is 14.2. The van der Waals surface area contributed by atoms with Crippen LogP contribution < -0.4 is 10.3 Å². The SMILES string of the molecule is COc1cccc(-c2nc3ccccc3n([C@H]3C[C@H]4CCC[C@@H](C3)N4[C@@H]3C[C@H]4C[C@H]5C[C@@H](C3)C5C4C)c2=O)n1. The van der Waals surface area contributed by atoms with Gasteiger partial charge in [-0.1, -0.05) is 31.5 Å². The van der Waals surface area contributed by atoms with E-state index in [1.165, 1.54) is 44.9 Å². The molecule has 0 amide bonds. The molecule has 2 aromatic heterocycles. The second kappa shape index (κ2) is 9.15. The molecule has 9 atom stereocenters. The molecule has 5 aliphatic rings. The summed E-state index contributed by atoms with van der Waals surface area (Å²) in [5, 5.41) is 0. The number of ether oxygens (including phenoxy) is 1. The number of rotatable bonds is 4. The number of pyridine rings is 1. The number of hydrogen-bond acceptors (Lipinski definition) is 5. The molecule has 0 spiro atoms. The van der Waals surface area contributed by atoms with Crippen molar-refractivity contribution >= 4 is 11.0 Å². The molecule has 4 bridgehead atoms. The predicted octanol–water partition coefficient (Wildman–Crippen LogP) is 6.10. The van der Waals surface area contributed by atoms with Crippen molar-refractivity contribution in [1.82, 2.24) is 19.4 Å². The van der Waals surface area contributed by atoms with Gasteiger partial charge in [0.25, 0.3) is 5.56 Å². The first-order valence-electron chi connectivity index (χ1n) is 15.4. The van der Waals surface area contributed by atoms with Gasteiger partial charge in [0.15, 0.2) is 5.69 Å². The molecular formula is C33H40N4O2. The third-order valence-corrected chi connectivity index (χ3v) is 11.6. The largest absolute Gasteiger partial charge is 0.481 e. The van der Waals surface area contributed by atoms with Crippen LogP contribution in [0.4, 0.5) is 0 Å². The highest BCUT2D eigenvalue weighted by molar-refractivity contribution is 5.77. The van der Waals surface area contributed by atoms with E-state index in [9.17, 15) is 4.79 Å². The molecule has 0 N–H and O–H groups in total. The van der Waals surface area contributed by atoms with Gasteiger partial charge in [0.05, 0.1) is 23.8 Å². The van der Waals surface area contributed by atoms with E-state index >= 15 is 0 Å². The van der Waals surface area contributed by atoms with E-state index in [4.69, 9.17) is 9.72 Å². The van der Waals surface area contributed by atoms with Crippen molar-refractivity contribution < 1.29 is 4.74 Å². The molecule has 2 aliphatic heterocycles. The molecule has 1 aromatic carbocycles. The highest BCUT2D eigenvalue weighted by Gasteiger charge is 2.56. The summed E-state index contributed by atoms with van der Waals surface area (Å²) in [6.07, 6.45) is 11.8. The van der Waals surface area contributed by atoms with Gasteiger partial charge in [0.2, 0.25) is 5.88 Å². The lowest BCUT2D eigenvalue weighted by Gasteiger charge is -2.54. The zero-order valence-corrected chi connectivity index (χ0v) is 23.2. The Hall–Kier alpha value is -2.73. The Kier molecular flexibility index (Phi) is 5.66. The van der Waals surface area contributed by atoms with Crippen LogP contribution in [0, 0.1) is 29.6 Å². The number of methoxy groups -OCH3 is 1. The summed E-state index contributed by atoms with van der Waals surface area (Å²) in [6, 6.07) is 15.8. The third kappa shape index (κ3) is 3.73. The summed E-state index contributed by atoms with van der Waals surface area (Å²) >= 11 is 0. The molecule has 204 valence electrons. The van der Waals surface area contributed by atoms with E-state index in [1.807, 2.05) is 36.4 Å². The summed E-state index contributed by atoms with van der Waals surface area (Å²) in [7, 11) is 1.61. The summed E-state index contributed by atoms with van der Waals surface area (Å²) in [6.45, 7) is 2.56. The highest BCUT2D eigenvalue weighted by atomic mass is 16.5. The van der Waals surface area contributed by atoms with Crippen molar-refractivity contribution in [3.8, 4) is 17.3 Å². The van der Waals surface area contributed by atoms with E-state index in [-0.39, 0.29) is 11.6 Å². The minimum atomic E-state index is -0.0212. The molecule has 6 nitrogen and oxygen atoms in total. The van der Waals surface area contributed by atoms with Gasteiger partial charge in [-0.05, 0) is 99.2 Å². The lowest BCUT2D eigenvalue weighted by atomic mass is 9.62. The van der Waals surface area contributed by atoms with E-state index in [0.29, 0.717) is 29.4 Å². The van der Waals surface area contributed by atoms with Crippen molar-refractivity contribution in [3.63, 3.8) is 0 Å². The van der Waals surface area contributed by atoms with E-state index in [0.717, 1.165) is 59.5 Å². The fraction of sp³-hybridized carbons (Fsp3) is 0.606. The summed E-state index contributed by atoms with van der Waals surface area (Å²) in [4.78, 5) is 26.6. The number of hydrogen-bond donors (Lipinski definition) is 0. The van der Waals surface area contributed by atoms with Crippen molar-refractivity contribution in [1.29, 1.82) is 0 Å². The van der Waals surface area contributed by atoms with E-state index < -0.39 is 0 Å². The molecule has 5 fully saturated rings. The average molecular weight is 525 g/mol. The minimum Gasteiger partial charge on any atom is -0.481 e. The maximum Gasteiger partial charge on any atom is 0.279 e. The van der Waals surface area contributed by atoms with Crippen molar-refractivity contribution in [2.45, 2.75) is 88.9 Å². The van der Waals surface area contributed by atoms with Gasteiger partial charge < -0.3 is 9.30 Å². The number of piperidine rings is 2. The molecule has 3 aromatic rings. The van der Waals surface area contributed by atoms with Crippen LogP contribution in [0.1, 0.15) is 70.8 Å². The zero-order chi connectivity index (χ0) is 26.2. The van der Waals surface area contributed by atoms with Gasteiger partial charge >= 0.3 is 0 Å². The monoisotopic (exact) mass is 524 g/mol. The average Bonchev–Trinajstić information content (AvgIpc) is 3.10. The van der Waals surface area contributed by atoms with Gasteiger partial charge in [0.1, 0.15) is 0 Å². The van der Waals surface area contributed by atoms with Crippen LogP contribution in [-0.2, 0) is 0 Å². The predicted molar refractivity (Wildman–Crippen MR) is 153 cm³/mol. The van der Waals surface area contributed by atoms with Gasteiger partial charge in [-0.3, -0.25) is 9.69 Å². The number of fused-ring (bicyclic) bond motifs is 4. The van der Waals surface area contributed by atoms with Crippen LogP contribution in [0.5, 0.6) is 5.88 Å². The number of para-hydroxylation sites is 2. The Labute approximate surface area is 230 Å². The number of aromatic nitrogens is 3. The Morgan fingerprint density at radius 2 is 1.54 bits per heavy atom. The molecule has 6 heteroatoms. The molecule has 2 saturated heterocycles. The zero-order valence-electron chi connectivity index (χ0n) is 23.2. The molecule has 4 heterocycles. The minimum absolute atomic E-state index is 0.0212. The van der Waals surface area contributed by atoms with Crippen LogP contribution in [0.3, 0.4) is 0 Å². The van der Waals surface area contributed by atoms with Crippen molar-refractivity contribution in [2.75, 3.05) is 7.11 Å². The standard InChI is InChI=1S/C33H40N4O2/c1-19-20-13-21-14-22(31(19)21)16-25(15-20)36-23-7-5-8-24(36)18-26(17-23)37-29-11-4-3-9-27(29)35-32(33(37)38)28-10-6-12-30(34-28)39-2/h3-4,6,9-12,19-26,31H,5,7-8,13-18H2,1-2H3/t19?,20-,21+,22+,23-,24+,25-,26+,31?/m1/s1. The smallest absolute Gasteiger partial charge is 0.279 e. The summed E-state index contributed by atoms with van der Waals surface area (Å²) in [5.74, 6) is 5.39. The molecule has 8 rings (SSSR count). The molecule has 39 heavy (non-hydrogen) atoms.